The summed E-state index contributed by atoms with van der Waals surface area (Å²) >= 11 is 8.40. The molecule has 2 aromatic heterocycles. The Kier molecular flexibility index (Phi) is 26.2. The van der Waals surface area contributed by atoms with Gasteiger partial charge in [-0.1, -0.05) is 89.2 Å². The normalized spacial score (nSPS) is 13.9. The minimum Gasteiger partial charge on any atom is -0.481 e. The van der Waals surface area contributed by atoms with E-state index in [1.54, 1.807) is 46.8 Å². The van der Waals surface area contributed by atoms with Crippen LogP contribution in [0, 0.1) is 11.8 Å². The predicted molar refractivity (Wildman–Crippen MR) is 287 cm³/mol. The topological polar surface area (TPSA) is 307 Å². The van der Waals surface area contributed by atoms with Gasteiger partial charge in [0.05, 0.1) is 31.5 Å². The first-order valence-corrected chi connectivity index (χ1v) is 26.8. The lowest BCUT2D eigenvalue weighted by Crippen LogP contribution is -2.43. The molecule has 0 aliphatic carbocycles. The van der Waals surface area contributed by atoms with E-state index in [-0.39, 0.29) is 72.7 Å². The monoisotopic (exact) mass is 1090 g/mol. The summed E-state index contributed by atoms with van der Waals surface area (Å²) in [5.74, 6) is -7.67. The second kappa shape index (κ2) is 31.1. The molecule has 0 saturated carbocycles. The van der Waals surface area contributed by atoms with E-state index in [1.165, 1.54) is 75.7 Å². The van der Waals surface area contributed by atoms with Crippen molar-refractivity contribution < 1.29 is 58.1 Å². The van der Waals surface area contributed by atoms with E-state index in [1.807, 2.05) is 0 Å². The summed E-state index contributed by atoms with van der Waals surface area (Å²) in [4.78, 5) is 123. The Balaban J connectivity index is 1.81. The first kappa shape index (κ1) is 62.4. The maximum atomic E-state index is 14.3. The van der Waals surface area contributed by atoms with Crippen LogP contribution in [-0.2, 0) is 49.6 Å². The van der Waals surface area contributed by atoms with Crippen LogP contribution in [0.15, 0.2) is 35.3 Å². The number of thiocarbonyl (C=S) groups is 1. The van der Waals surface area contributed by atoms with Crippen molar-refractivity contribution in [3.63, 3.8) is 0 Å². The van der Waals surface area contributed by atoms with E-state index >= 15 is 0 Å². The second-order valence-corrected chi connectivity index (χ2v) is 23.3. The molecule has 408 valence electrons. The molecular formula is C50H72N8O13S3. The molecule has 3 aromatic rings. The Morgan fingerprint density at radius 1 is 0.892 bits per heavy atom. The van der Waals surface area contributed by atoms with Crippen molar-refractivity contribution in [2.75, 3.05) is 17.9 Å². The third kappa shape index (κ3) is 21.9. The Bertz CT molecular complexity index is 2440. The van der Waals surface area contributed by atoms with E-state index in [9.17, 15) is 43.5 Å². The number of nitrogens with zero attached hydrogens (tertiary/aromatic N) is 3. The van der Waals surface area contributed by atoms with E-state index in [4.69, 9.17) is 31.6 Å². The highest BCUT2D eigenvalue weighted by Gasteiger charge is 2.44. The number of methoxy groups -OCH3 is 1. The summed E-state index contributed by atoms with van der Waals surface area (Å²) in [7, 11) is 1.24. The first-order chi connectivity index (χ1) is 35.0. The fourth-order valence-corrected chi connectivity index (χ4v) is 11.6. The number of ether oxygens (including phenoxy) is 2. The van der Waals surface area contributed by atoms with Gasteiger partial charge in [-0.15, -0.1) is 11.8 Å². The molecule has 0 aliphatic rings. The number of H-pyrrole nitrogens is 1. The number of esters is 1. The highest BCUT2D eigenvalue weighted by atomic mass is 32.2. The summed E-state index contributed by atoms with van der Waals surface area (Å²) in [6.45, 7) is 13.1. The van der Waals surface area contributed by atoms with Crippen molar-refractivity contribution >= 4 is 104 Å². The Morgan fingerprint density at radius 2 is 1.55 bits per heavy atom. The number of hydrogen-bond acceptors (Lipinski definition) is 19. The number of carbonyl (C=O) groups is 7. The van der Waals surface area contributed by atoms with Crippen LogP contribution in [0.1, 0.15) is 154 Å². The molecule has 0 radical (unpaired) electrons. The van der Waals surface area contributed by atoms with Gasteiger partial charge in [0.15, 0.2) is 11.2 Å². The van der Waals surface area contributed by atoms with Crippen LogP contribution in [0.4, 0.5) is 11.6 Å². The summed E-state index contributed by atoms with van der Waals surface area (Å²) in [6.07, 6.45) is 10.7. The molecule has 0 bridgehead atoms. The van der Waals surface area contributed by atoms with Crippen molar-refractivity contribution in [2.45, 2.75) is 173 Å². The van der Waals surface area contributed by atoms with Crippen LogP contribution in [0.3, 0.4) is 0 Å². The molecule has 2 amide bonds. The number of benzene rings is 1. The standard InChI is InChI=1S/C50H72N8O13S3/c1-9-10-11-12-13-14-15-16-17-31(4)73-48(72)74-50(7,46(68)69-8)26-34(24-33(42(63)53-30(2)3)25-49(5,6)70-29-59)45(67)71-58-47-56-40-39(43(64)57-47)54-36(28-52-40)27-51-35-20-18-32(19-21-35)41(62)55-37(44(65)66)22-23-38(60)61/h18-21,28-31,33-34,37,51H,9-17,22-27H2,1-8H3,(H,53,63)(H,55,62)(H,60,61)(H,65,66)(H2,52,56,57,58,64). The number of amides is 2. The number of carboxylic acids is 2. The van der Waals surface area contributed by atoms with Crippen molar-refractivity contribution in [3.05, 3.63) is 52.1 Å². The number of carbonyl (C=O) groups excluding carboxylic acids is 5. The molecule has 1 aromatic carbocycles. The van der Waals surface area contributed by atoms with Crippen LogP contribution in [0.25, 0.3) is 11.2 Å². The quantitative estimate of drug-likeness (QED) is 0.00751. The number of hydrogen-bond donors (Lipinski definition) is 7. The number of anilines is 2. The highest BCUT2D eigenvalue weighted by Crippen LogP contribution is 2.41. The molecule has 0 spiro atoms. The Labute approximate surface area is 445 Å². The number of fused-ring (bicyclic) bond motifs is 1. The fraction of sp³-hybridized carbons (Fsp3) is 0.600. The molecule has 3 rings (SSSR count). The third-order valence-corrected chi connectivity index (χ3v) is 14.6. The number of thioether (sulfide) groups is 2. The Morgan fingerprint density at radius 3 is 2.16 bits per heavy atom. The first-order valence-electron chi connectivity index (χ1n) is 24.7. The van der Waals surface area contributed by atoms with Crippen LogP contribution < -0.4 is 27.0 Å². The molecule has 7 N–H and O–H groups in total. The van der Waals surface area contributed by atoms with Crippen LogP contribution in [0.2, 0.25) is 0 Å². The number of nitrogens with one attached hydrogen (secondary N) is 5. The fourth-order valence-electron chi connectivity index (χ4n) is 7.88. The molecule has 0 fully saturated rings. The molecule has 24 heteroatoms. The minimum atomic E-state index is -1.44. The van der Waals surface area contributed by atoms with Gasteiger partial charge in [0.1, 0.15) is 19.9 Å². The van der Waals surface area contributed by atoms with Crippen LogP contribution in [0.5, 0.6) is 0 Å². The van der Waals surface area contributed by atoms with Crippen LogP contribution in [-0.4, -0.2) is 111 Å². The zero-order chi connectivity index (χ0) is 55.0. The van der Waals surface area contributed by atoms with Crippen LogP contribution >= 0.6 is 35.7 Å². The number of carboxylic acid groups (broad SMARTS) is 2. The van der Waals surface area contributed by atoms with Gasteiger partial charge in [0.25, 0.3) is 17.9 Å². The molecule has 21 nitrogen and oxygen atoms in total. The zero-order valence-corrected chi connectivity index (χ0v) is 45.9. The lowest BCUT2D eigenvalue weighted by atomic mass is 9.82. The number of rotatable bonds is 34. The summed E-state index contributed by atoms with van der Waals surface area (Å²) in [5.41, 5.74) is 1.27. The van der Waals surface area contributed by atoms with Crippen molar-refractivity contribution in [2.24, 2.45) is 11.8 Å². The van der Waals surface area contributed by atoms with Crippen molar-refractivity contribution in [1.29, 1.82) is 0 Å². The van der Waals surface area contributed by atoms with Crippen molar-refractivity contribution in [3.8, 4) is 0 Å². The average molecular weight is 1090 g/mol. The molecule has 2 heterocycles. The molecular weight excluding hydrogens is 1020 g/mol. The third-order valence-electron chi connectivity index (χ3n) is 11.7. The molecule has 5 atom stereocenters. The maximum absolute atomic E-state index is 14.3. The summed E-state index contributed by atoms with van der Waals surface area (Å²) in [6, 6.07) is 4.33. The summed E-state index contributed by atoms with van der Waals surface area (Å²) < 4.78 is 9.62. The number of aromatic nitrogens is 4. The van der Waals surface area contributed by atoms with Gasteiger partial charge in [-0.2, -0.15) is 10.5 Å². The zero-order valence-electron chi connectivity index (χ0n) is 43.4. The van der Waals surface area contributed by atoms with E-state index < -0.39 is 75.9 Å². The molecule has 74 heavy (non-hydrogen) atoms. The highest BCUT2D eigenvalue weighted by molar-refractivity contribution is 8.47. The van der Waals surface area contributed by atoms with Gasteiger partial charge in [-0.25, -0.2) is 19.6 Å². The number of aliphatic carboxylic acids is 2. The molecule has 0 saturated heterocycles. The SMILES string of the molecule is CCCCCCCCCCC(C)SC(=S)SC(C)(CC(CC(CC(C)(C)OC=O)C(=O)NC(C)C)C(=O)ONc1nc2ncc(CNc3ccc(C(=O)NC(CCC(=O)O)C(=O)O)cc3)nc2c(=O)[nH]1)C(=O)OC. The number of aromatic amines is 1. The van der Waals surface area contributed by atoms with Gasteiger partial charge in [-0.05, 0) is 91.0 Å². The van der Waals surface area contributed by atoms with E-state index in [2.05, 4.69) is 55.2 Å². The van der Waals surface area contributed by atoms with E-state index in [0.717, 1.165) is 31.0 Å². The van der Waals surface area contributed by atoms with Gasteiger partial charge in [0, 0.05) is 34.9 Å². The van der Waals surface area contributed by atoms with Gasteiger partial charge < -0.3 is 40.5 Å². The van der Waals surface area contributed by atoms with Gasteiger partial charge in [-0.3, -0.25) is 33.8 Å². The van der Waals surface area contributed by atoms with Gasteiger partial charge >= 0.3 is 23.9 Å². The molecule has 5 unspecified atom stereocenters. The second-order valence-electron chi connectivity index (χ2n) is 19.1. The Hall–Kier alpha value is -5.88. The van der Waals surface area contributed by atoms with Gasteiger partial charge in [0.2, 0.25) is 11.9 Å². The maximum Gasteiger partial charge on any atom is 0.335 e. The smallest absolute Gasteiger partial charge is 0.335 e. The number of unbranched alkanes of at least 4 members (excludes halogenated alkanes) is 7. The molecule has 0 aliphatic heterocycles. The lowest BCUT2D eigenvalue weighted by molar-refractivity contribution is -0.151. The largest absolute Gasteiger partial charge is 0.481 e. The minimum absolute atomic E-state index is 0.00415. The predicted octanol–water partition coefficient (Wildman–Crippen LogP) is 7.72. The lowest BCUT2D eigenvalue weighted by Gasteiger charge is -2.33. The van der Waals surface area contributed by atoms with Crippen molar-refractivity contribution in [1.82, 2.24) is 30.6 Å². The average Bonchev–Trinajstić information content (AvgIpc) is 3.33. The van der Waals surface area contributed by atoms with E-state index in [0.29, 0.717) is 14.9 Å². The summed E-state index contributed by atoms with van der Waals surface area (Å²) in [5, 5.41) is 26.7.